The number of aryl methyl sites for hydroxylation is 1. The first-order chi connectivity index (χ1) is 6.77. The fourth-order valence-electron chi connectivity index (χ4n) is 1.21. The van der Waals surface area contributed by atoms with Crippen molar-refractivity contribution in [1.29, 1.82) is 0 Å². The van der Waals surface area contributed by atoms with Crippen LogP contribution in [0.2, 0.25) is 0 Å². The Morgan fingerprint density at radius 1 is 1.36 bits per heavy atom. The smallest absolute Gasteiger partial charge is 0.347 e. The zero-order valence-electron chi connectivity index (χ0n) is 8.21. The predicted molar refractivity (Wildman–Crippen MR) is 53.0 cm³/mol. The van der Waals surface area contributed by atoms with E-state index in [-0.39, 0.29) is 5.56 Å². The van der Waals surface area contributed by atoms with Crippen molar-refractivity contribution in [1.82, 2.24) is 0 Å². The standard InChI is InChI=1S/C11H13O3/c1-2-3-4-5-10-7-6-9(8-12)11(13)14-10/h6-7H,2-5H2,1H3. The molecule has 0 bridgehead atoms. The summed E-state index contributed by atoms with van der Waals surface area (Å²) in [6, 6.07) is 3.12. The summed E-state index contributed by atoms with van der Waals surface area (Å²) in [6.07, 6.45) is 5.53. The molecule has 0 aliphatic rings. The van der Waals surface area contributed by atoms with E-state index < -0.39 is 5.63 Å². The highest BCUT2D eigenvalue weighted by Crippen LogP contribution is 2.04. The Bertz CT molecular complexity index is 352. The summed E-state index contributed by atoms with van der Waals surface area (Å²) in [7, 11) is 0. The van der Waals surface area contributed by atoms with Crippen molar-refractivity contribution < 1.29 is 9.21 Å². The molecule has 14 heavy (non-hydrogen) atoms. The van der Waals surface area contributed by atoms with Gasteiger partial charge in [0.25, 0.3) is 0 Å². The third-order valence-corrected chi connectivity index (χ3v) is 2.02. The van der Waals surface area contributed by atoms with Crippen LogP contribution < -0.4 is 5.63 Å². The van der Waals surface area contributed by atoms with E-state index in [0.29, 0.717) is 5.76 Å². The number of unbranched alkanes of at least 4 members (excludes halogenated alkanes) is 2. The van der Waals surface area contributed by atoms with Gasteiger partial charge in [-0.05, 0) is 18.6 Å². The van der Waals surface area contributed by atoms with Crippen LogP contribution in [0.15, 0.2) is 21.3 Å². The Labute approximate surface area is 82.7 Å². The van der Waals surface area contributed by atoms with Gasteiger partial charge >= 0.3 is 5.63 Å². The van der Waals surface area contributed by atoms with Gasteiger partial charge in [0.15, 0.2) is 0 Å². The van der Waals surface area contributed by atoms with Crippen LogP contribution in [0, 0.1) is 0 Å². The van der Waals surface area contributed by atoms with Gasteiger partial charge in [0, 0.05) is 6.42 Å². The van der Waals surface area contributed by atoms with Crippen LogP contribution in [0.4, 0.5) is 0 Å². The molecule has 3 heteroatoms. The highest BCUT2D eigenvalue weighted by atomic mass is 16.4. The molecule has 0 aromatic carbocycles. The van der Waals surface area contributed by atoms with Gasteiger partial charge in [-0.1, -0.05) is 19.8 Å². The summed E-state index contributed by atoms with van der Waals surface area (Å²) in [5.74, 6) is 0.641. The van der Waals surface area contributed by atoms with E-state index in [2.05, 4.69) is 6.92 Å². The number of rotatable bonds is 5. The van der Waals surface area contributed by atoms with Crippen LogP contribution in [0.3, 0.4) is 0 Å². The molecule has 1 rings (SSSR count). The third kappa shape index (κ3) is 2.83. The van der Waals surface area contributed by atoms with E-state index in [1.54, 1.807) is 6.07 Å². The molecule has 1 aromatic rings. The quantitative estimate of drug-likeness (QED) is 0.670. The monoisotopic (exact) mass is 193 g/mol. The largest absolute Gasteiger partial charge is 0.427 e. The van der Waals surface area contributed by atoms with Gasteiger partial charge in [0.05, 0.1) is 0 Å². The van der Waals surface area contributed by atoms with Crippen LogP contribution in [-0.4, -0.2) is 6.29 Å². The van der Waals surface area contributed by atoms with Gasteiger partial charge in [-0.3, -0.25) is 4.79 Å². The Balaban J connectivity index is 2.67. The molecule has 1 aromatic heterocycles. The Morgan fingerprint density at radius 2 is 2.14 bits per heavy atom. The molecule has 0 N–H and O–H groups in total. The van der Waals surface area contributed by atoms with E-state index in [1.807, 2.05) is 0 Å². The summed E-state index contributed by atoms with van der Waals surface area (Å²) < 4.78 is 4.93. The minimum absolute atomic E-state index is 0.0377. The van der Waals surface area contributed by atoms with E-state index in [1.165, 1.54) is 12.4 Å². The molecule has 1 radical (unpaired) electrons. The highest BCUT2D eigenvalue weighted by Gasteiger charge is 2.02. The molecular formula is C11H13O3. The molecular weight excluding hydrogens is 180 g/mol. The topological polar surface area (TPSA) is 47.3 Å². The molecule has 1 heterocycles. The molecule has 75 valence electrons. The average molecular weight is 193 g/mol. The Hall–Kier alpha value is -1.38. The molecule has 0 unspecified atom stereocenters. The van der Waals surface area contributed by atoms with Crippen molar-refractivity contribution in [3.05, 3.63) is 33.9 Å². The van der Waals surface area contributed by atoms with Gasteiger partial charge in [0.2, 0.25) is 6.29 Å². The fraction of sp³-hybridized carbons (Fsp3) is 0.455. The molecule has 3 nitrogen and oxygen atoms in total. The second-order valence-corrected chi connectivity index (χ2v) is 3.16. The van der Waals surface area contributed by atoms with E-state index in [4.69, 9.17) is 4.42 Å². The fourth-order valence-corrected chi connectivity index (χ4v) is 1.21. The van der Waals surface area contributed by atoms with E-state index in [0.717, 1.165) is 25.7 Å². The second-order valence-electron chi connectivity index (χ2n) is 3.16. The highest BCUT2D eigenvalue weighted by molar-refractivity contribution is 5.74. The third-order valence-electron chi connectivity index (χ3n) is 2.02. The molecule has 0 saturated heterocycles. The lowest BCUT2D eigenvalue weighted by molar-refractivity contribution is 0.448. The summed E-state index contributed by atoms with van der Waals surface area (Å²) in [4.78, 5) is 21.3. The summed E-state index contributed by atoms with van der Waals surface area (Å²) in [6.45, 7) is 2.11. The van der Waals surface area contributed by atoms with Crippen LogP contribution in [-0.2, 0) is 11.2 Å². The van der Waals surface area contributed by atoms with Crippen molar-refractivity contribution >= 4 is 6.29 Å². The van der Waals surface area contributed by atoms with Gasteiger partial charge in [-0.15, -0.1) is 0 Å². The lowest BCUT2D eigenvalue weighted by Crippen LogP contribution is -2.07. The maximum atomic E-state index is 11.1. The van der Waals surface area contributed by atoms with Gasteiger partial charge in [-0.25, -0.2) is 4.79 Å². The average Bonchev–Trinajstić information content (AvgIpc) is 2.18. The zero-order valence-corrected chi connectivity index (χ0v) is 8.21. The molecule has 0 fully saturated rings. The maximum Gasteiger partial charge on any atom is 0.347 e. The van der Waals surface area contributed by atoms with Crippen molar-refractivity contribution in [2.24, 2.45) is 0 Å². The summed E-state index contributed by atoms with van der Waals surface area (Å²) in [5, 5.41) is 0. The lowest BCUT2D eigenvalue weighted by atomic mass is 10.1. The molecule has 0 aliphatic carbocycles. The SMILES string of the molecule is CCCCCc1ccc([C]=O)c(=O)o1. The van der Waals surface area contributed by atoms with E-state index in [9.17, 15) is 9.59 Å². The second kappa shape index (κ2) is 5.37. The van der Waals surface area contributed by atoms with Gasteiger partial charge in [0.1, 0.15) is 11.3 Å². The van der Waals surface area contributed by atoms with Gasteiger partial charge < -0.3 is 4.42 Å². The Kier molecular flexibility index (Phi) is 4.11. The molecule has 0 spiro atoms. The number of carbonyl (C=O) groups excluding carboxylic acids is 1. The molecule has 0 aliphatic heterocycles. The van der Waals surface area contributed by atoms with Crippen molar-refractivity contribution in [2.45, 2.75) is 32.6 Å². The minimum atomic E-state index is -0.589. The Morgan fingerprint density at radius 3 is 2.71 bits per heavy atom. The first-order valence-corrected chi connectivity index (χ1v) is 4.79. The first kappa shape index (κ1) is 10.7. The number of hydrogen-bond acceptors (Lipinski definition) is 3. The first-order valence-electron chi connectivity index (χ1n) is 4.79. The van der Waals surface area contributed by atoms with E-state index >= 15 is 0 Å². The van der Waals surface area contributed by atoms with Crippen molar-refractivity contribution in [3.63, 3.8) is 0 Å². The zero-order chi connectivity index (χ0) is 10.4. The molecule has 0 atom stereocenters. The lowest BCUT2D eigenvalue weighted by Gasteiger charge is -1.98. The van der Waals surface area contributed by atoms with Crippen LogP contribution in [0.1, 0.15) is 37.5 Å². The minimum Gasteiger partial charge on any atom is -0.427 e. The van der Waals surface area contributed by atoms with Crippen LogP contribution in [0.25, 0.3) is 0 Å². The van der Waals surface area contributed by atoms with Crippen LogP contribution in [0.5, 0.6) is 0 Å². The molecule has 0 saturated carbocycles. The van der Waals surface area contributed by atoms with Crippen molar-refractivity contribution in [2.75, 3.05) is 0 Å². The van der Waals surface area contributed by atoms with Crippen LogP contribution >= 0.6 is 0 Å². The molecule has 0 amide bonds. The maximum absolute atomic E-state index is 11.1. The van der Waals surface area contributed by atoms with Gasteiger partial charge in [-0.2, -0.15) is 0 Å². The predicted octanol–water partition coefficient (Wildman–Crippen LogP) is 1.83. The number of hydrogen-bond donors (Lipinski definition) is 0. The summed E-state index contributed by atoms with van der Waals surface area (Å²) in [5.41, 5.74) is -0.627. The normalized spacial score (nSPS) is 10.1. The van der Waals surface area contributed by atoms with Crippen molar-refractivity contribution in [3.8, 4) is 0 Å². The summed E-state index contributed by atoms with van der Waals surface area (Å²) >= 11 is 0.